The minimum Gasteiger partial charge on any atom is -0.493 e. The van der Waals surface area contributed by atoms with E-state index in [0.29, 0.717) is 6.61 Å². The first-order valence-corrected chi connectivity index (χ1v) is 7.05. The van der Waals surface area contributed by atoms with Gasteiger partial charge in [0.2, 0.25) is 0 Å². The van der Waals surface area contributed by atoms with Gasteiger partial charge < -0.3 is 10.5 Å². The second-order valence-corrected chi connectivity index (χ2v) is 4.63. The van der Waals surface area contributed by atoms with Crippen LogP contribution in [-0.2, 0) is 0 Å². The predicted octanol–water partition coefficient (Wildman–Crippen LogP) is 3.97. The van der Waals surface area contributed by atoms with E-state index in [9.17, 15) is 0 Å². The molecule has 2 aromatic carbocycles. The molecule has 0 spiro atoms. The van der Waals surface area contributed by atoms with Gasteiger partial charge in [-0.15, -0.1) is 0 Å². The van der Waals surface area contributed by atoms with Gasteiger partial charge in [-0.3, -0.25) is 0 Å². The molecule has 0 aliphatic rings. The van der Waals surface area contributed by atoms with Crippen LogP contribution in [-0.4, -0.2) is 13.2 Å². The zero-order valence-corrected chi connectivity index (χ0v) is 11.7. The van der Waals surface area contributed by atoms with Gasteiger partial charge in [0.25, 0.3) is 0 Å². The zero-order valence-electron chi connectivity index (χ0n) is 11.7. The average molecular weight is 267 g/mol. The summed E-state index contributed by atoms with van der Waals surface area (Å²) in [4.78, 5) is 0. The Bertz CT molecular complexity index is 534. The summed E-state index contributed by atoms with van der Waals surface area (Å²) in [5, 5.41) is 0. The second-order valence-electron chi connectivity index (χ2n) is 4.63. The van der Waals surface area contributed by atoms with Gasteiger partial charge in [0.1, 0.15) is 5.75 Å². The van der Waals surface area contributed by atoms with Crippen molar-refractivity contribution in [1.82, 2.24) is 0 Å². The Morgan fingerprint density at radius 2 is 1.60 bits per heavy atom. The lowest BCUT2D eigenvalue weighted by atomic mass is 10.1. The van der Waals surface area contributed by atoms with Crippen molar-refractivity contribution in [2.24, 2.45) is 5.73 Å². The lowest BCUT2D eigenvalue weighted by molar-refractivity contribution is 0.307. The van der Waals surface area contributed by atoms with E-state index in [1.807, 2.05) is 36.4 Å². The van der Waals surface area contributed by atoms with Gasteiger partial charge in [0.15, 0.2) is 0 Å². The number of hydrogen-bond acceptors (Lipinski definition) is 2. The third-order valence-corrected chi connectivity index (χ3v) is 3.03. The van der Waals surface area contributed by atoms with Crippen LogP contribution < -0.4 is 10.5 Å². The number of hydrogen-bond donors (Lipinski definition) is 1. The zero-order chi connectivity index (χ0) is 14.0. The van der Waals surface area contributed by atoms with Gasteiger partial charge in [0.05, 0.1) is 6.61 Å². The van der Waals surface area contributed by atoms with E-state index in [4.69, 9.17) is 10.5 Å². The Morgan fingerprint density at radius 1 is 0.850 bits per heavy atom. The third-order valence-electron chi connectivity index (χ3n) is 3.03. The molecule has 0 amide bonds. The van der Waals surface area contributed by atoms with Crippen molar-refractivity contribution < 1.29 is 4.74 Å². The highest BCUT2D eigenvalue weighted by molar-refractivity contribution is 5.72. The maximum Gasteiger partial charge on any atom is 0.126 e. The molecule has 0 heterocycles. The fraction of sp³-hybridized carbons (Fsp3) is 0.222. The van der Waals surface area contributed by atoms with Crippen LogP contribution in [0.3, 0.4) is 0 Å². The van der Waals surface area contributed by atoms with Crippen molar-refractivity contribution in [3.8, 4) is 5.75 Å². The largest absolute Gasteiger partial charge is 0.493 e. The first-order valence-electron chi connectivity index (χ1n) is 7.05. The summed E-state index contributed by atoms with van der Waals surface area (Å²) in [7, 11) is 0. The Balaban J connectivity index is 2.02. The molecule has 0 saturated heterocycles. The van der Waals surface area contributed by atoms with Crippen LogP contribution in [0.15, 0.2) is 54.6 Å². The minimum absolute atomic E-state index is 0.716. The molecule has 0 bridgehead atoms. The number of unbranched alkanes of at least 4 members (excludes halogenated alkanes) is 1. The summed E-state index contributed by atoms with van der Waals surface area (Å²) in [5.74, 6) is 0.928. The molecule has 0 aliphatic carbocycles. The topological polar surface area (TPSA) is 35.2 Å². The normalized spacial score (nSPS) is 10.8. The van der Waals surface area contributed by atoms with Crippen LogP contribution in [0.1, 0.15) is 24.0 Å². The third kappa shape index (κ3) is 4.56. The predicted molar refractivity (Wildman–Crippen MR) is 85.6 cm³/mol. The van der Waals surface area contributed by atoms with E-state index in [-0.39, 0.29) is 0 Å². The summed E-state index contributed by atoms with van der Waals surface area (Å²) >= 11 is 0. The van der Waals surface area contributed by atoms with Crippen molar-refractivity contribution in [3.05, 3.63) is 65.7 Å². The summed E-state index contributed by atoms with van der Waals surface area (Å²) in [6, 6.07) is 18.4. The first kappa shape index (κ1) is 14.4. The summed E-state index contributed by atoms with van der Waals surface area (Å²) in [6.07, 6.45) is 6.19. The van der Waals surface area contributed by atoms with Crippen molar-refractivity contribution >= 4 is 12.2 Å². The smallest absolute Gasteiger partial charge is 0.126 e. The number of rotatable bonds is 7. The van der Waals surface area contributed by atoms with Crippen LogP contribution >= 0.6 is 0 Å². The maximum absolute atomic E-state index is 5.82. The molecule has 2 rings (SSSR count). The van der Waals surface area contributed by atoms with Crippen molar-refractivity contribution in [1.29, 1.82) is 0 Å². The van der Waals surface area contributed by atoms with E-state index in [0.717, 1.165) is 30.7 Å². The molecule has 0 radical (unpaired) electrons. The highest BCUT2D eigenvalue weighted by Crippen LogP contribution is 2.21. The highest BCUT2D eigenvalue weighted by Gasteiger charge is 1.99. The molecular formula is C18H21NO. The number of para-hydroxylation sites is 1. The lowest BCUT2D eigenvalue weighted by Crippen LogP contribution is -2.03. The number of nitrogens with two attached hydrogens (primary N) is 1. The minimum atomic E-state index is 0.716. The maximum atomic E-state index is 5.82. The molecule has 0 aliphatic heterocycles. The molecule has 104 valence electrons. The van der Waals surface area contributed by atoms with Gasteiger partial charge in [-0.1, -0.05) is 60.7 Å². The van der Waals surface area contributed by atoms with Gasteiger partial charge in [0, 0.05) is 5.56 Å². The molecule has 2 nitrogen and oxygen atoms in total. The van der Waals surface area contributed by atoms with E-state index in [1.54, 1.807) is 0 Å². The van der Waals surface area contributed by atoms with Crippen LogP contribution in [0.5, 0.6) is 5.75 Å². The molecule has 2 heteroatoms. The molecule has 0 saturated carbocycles. The van der Waals surface area contributed by atoms with Crippen LogP contribution in [0.25, 0.3) is 12.2 Å². The average Bonchev–Trinajstić information content (AvgIpc) is 2.51. The Hall–Kier alpha value is -2.06. The molecule has 0 aromatic heterocycles. The van der Waals surface area contributed by atoms with Crippen LogP contribution in [0.4, 0.5) is 0 Å². The Kier molecular flexibility index (Phi) is 5.87. The quantitative estimate of drug-likeness (QED) is 0.608. The first-order chi connectivity index (χ1) is 9.90. The molecule has 2 N–H and O–H groups in total. The molecular weight excluding hydrogens is 246 g/mol. The SMILES string of the molecule is NCCCCOc1ccccc1/C=C/c1ccccc1. The van der Waals surface area contributed by atoms with Crippen molar-refractivity contribution in [3.63, 3.8) is 0 Å². The summed E-state index contributed by atoms with van der Waals surface area (Å²) < 4.78 is 5.82. The van der Waals surface area contributed by atoms with Gasteiger partial charge in [-0.25, -0.2) is 0 Å². The summed E-state index contributed by atoms with van der Waals surface area (Å²) in [5.41, 5.74) is 7.77. The van der Waals surface area contributed by atoms with E-state index >= 15 is 0 Å². The fourth-order valence-electron chi connectivity index (χ4n) is 1.93. The number of ether oxygens (including phenoxy) is 1. The molecule has 20 heavy (non-hydrogen) atoms. The molecule has 2 aromatic rings. The highest BCUT2D eigenvalue weighted by atomic mass is 16.5. The molecule has 0 atom stereocenters. The monoisotopic (exact) mass is 267 g/mol. The van der Waals surface area contributed by atoms with E-state index < -0.39 is 0 Å². The lowest BCUT2D eigenvalue weighted by Gasteiger charge is -2.08. The van der Waals surface area contributed by atoms with E-state index in [1.165, 1.54) is 5.56 Å². The Labute approximate surface area is 120 Å². The standard InChI is InChI=1S/C18H21NO/c19-14-6-7-15-20-18-11-5-4-10-17(18)13-12-16-8-2-1-3-9-16/h1-5,8-13H,6-7,14-15,19H2/b13-12+. The summed E-state index contributed by atoms with van der Waals surface area (Å²) in [6.45, 7) is 1.44. The van der Waals surface area contributed by atoms with Crippen molar-refractivity contribution in [2.75, 3.05) is 13.2 Å². The molecule has 0 fully saturated rings. The van der Waals surface area contributed by atoms with Crippen LogP contribution in [0.2, 0.25) is 0 Å². The van der Waals surface area contributed by atoms with Crippen LogP contribution in [0, 0.1) is 0 Å². The van der Waals surface area contributed by atoms with E-state index in [2.05, 4.69) is 30.4 Å². The van der Waals surface area contributed by atoms with Gasteiger partial charge in [-0.2, -0.15) is 0 Å². The number of benzene rings is 2. The van der Waals surface area contributed by atoms with Crippen molar-refractivity contribution in [2.45, 2.75) is 12.8 Å². The fourth-order valence-corrected chi connectivity index (χ4v) is 1.93. The molecule has 0 unspecified atom stereocenters. The Morgan fingerprint density at radius 3 is 2.40 bits per heavy atom. The van der Waals surface area contributed by atoms with Gasteiger partial charge >= 0.3 is 0 Å². The van der Waals surface area contributed by atoms with Gasteiger partial charge in [-0.05, 0) is 31.0 Å². The second kappa shape index (κ2) is 8.18.